The molecule has 3 heteroatoms. The summed E-state index contributed by atoms with van der Waals surface area (Å²) in [6.07, 6.45) is 9.20. The van der Waals surface area contributed by atoms with Crippen molar-refractivity contribution in [1.82, 2.24) is 5.43 Å². The second-order valence-corrected chi connectivity index (χ2v) is 5.50. The Balaban J connectivity index is 2.77. The zero-order chi connectivity index (χ0) is 14.1. The molecule has 0 spiro atoms. The average molecular weight is 265 g/mol. The molecule has 0 saturated heterocycles. The molecular weight excluding hydrogens is 234 g/mol. The van der Waals surface area contributed by atoms with Crippen molar-refractivity contribution in [2.75, 3.05) is 6.54 Å². The molecule has 1 aliphatic rings. The Kier molecular flexibility index (Phi) is 7.76. The summed E-state index contributed by atoms with van der Waals surface area (Å²) in [5.41, 5.74) is 4.62. The Labute approximate surface area is 119 Å². The predicted molar refractivity (Wildman–Crippen MR) is 85.1 cm³/mol. The highest BCUT2D eigenvalue weighted by Gasteiger charge is 2.32. The van der Waals surface area contributed by atoms with Crippen molar-refractivity contribution in [1.29, 1.82) is 0 Å². The molecule has 2 atom stereocenters. The smallest absolute Gasteiger partial charge is 0.0591 e. The second kappa shape index (κ2) is 9.11. The molecule has 0 fully saturated rings. The van der Waals surface area contributed by atoms with Crippen LogP contribution in [0.1, 0.15) is 66.2 Å². The normalized spacial score (nSPS) is 20.9. The van der Waals surface area contributed by atoms with Gasteiger partial charge >= 0.3 is 0 Å². The van der Waals surface area contributed by atoms with Gasteiger partial charge in [0.1, 0.15) is 0 Å². The van der Waals surface area contributed by atoms with Crippen LogP contribution < -0.4 is 5.43 Å². The topological polar surface area (TPSA) is 36.8 Å². The summed E-state index contributed by atoms with van der Waals surface area (Å²) in [4.78, 5) is 4.75. The minimum atomic E-state index is 0.407. The van der Waals surface area contributed by atoms with Gasteiger partial charge in [0.05, 0.1) is 6.04 Å². The zero-order valence-electron chi connectivity index (χ0n) is 13.2. The van der Waals surface area contributed by atoms with Crippen molar-refractivity contribution >= 4 is 11.9 Å². The van der Waals surface area contributed by atoms with E-state index in [1.807, 2.05) is 0 Å². The van der Waals surface area contributed by atoms with Gasteiger partial charge in [0.2, 0.25) is 0 Å². The first kappa shape index (κ1) is 16.2. The van der Waals surface area contributed by atoms with E-state index < -0.39 is 0 Å². The molecule has 0 saturated carbocycles. The highest BCUT2D eigenvalue weighted by atomic mass is 15.3. The van der Waals surface area contributed by atoms with Gasteiger partial charge in [-0.2, -0.15) is 5.10 Å². The lowest BCUT2D eigenvalue weighted by molar-refractivity contribution is 0.481. The number of hydrazone groups is 1. The van der Waals surface area contributed by atoms with Crippen LogP contribution in [0.25, 0.3) is 0 Å². The first-order valence-corrected chi connectivity index (χ1v) is 8.10. The molecule has 110 valence electrons. The Morgan fingerprint density at radius 3 is 2.47 bits per heavy atom. The molecule has 0 amide bonds. The van der Waals surface area contributed by atoms with Crippen molar-refractivity contribution in [3.8, 4) is 0 Å². The lowest BCUT2D eigenvalue weighted by atomic mass is 9.82. The van der Waals surface area contributed by atoms with Gasteiger partial charge in [-0.1, -0.05) is 40.5 Å². The van der Waals surface area contributed by atoms with Gasteiger partial charge in [0.15, 0.2) is 0 Å². The maximum Gasteiger partial charge on any atom is 0.0591 e. The summed E-state index contributed by atoms with van der Waals surface area (Å²) in [6, 6.07) is 0.407. The summed E-state index contributed by atoms with van der Waals surface area (Å²) >= 11 is 0. The predicted octanol–water partition coefficient (Wildman–Crippen LogP) is 4.04. The van der Waals surface area contributed by atoms with Crippen LogP contribution >= 0.6 is 0 Å². The van der Waals surface area contributed by atoms with Crippen LogP contribution in [0.4, 0.5) is 0 Å². The van der Waals surface area contributed by atoms with E-state index in [9.17, 15) is 0 Å². The Bertz CT molecular complexity index is 290. The lowest BCUT2D eigenvalue weighted by Gasteiger charge is -2.24. The fourth-order valence-corrected chi connectivity index (χ4v) is 3.02. The Morgan fingerprint density at radius 1 is 1.26 bits per heavy atom. The quantitative estimate of drug-likeness (QED) is 0.628. The van der Waals surface area contributed by atoms with Gasteiger partial charge in [-0.05, 0) is 37.8 Å². The summed E-state index contributed by atoms with van der Waals surface area (Å²) in [5, 5.41) is 4.62. The number of nitrogens with one attached hydrogen (secondary N) is 1. The molecule has 0 aromatic heterocycles. The fraction of sp³-hybridized carbons (Fsp3) is 0.875. The Morgan fingerprint density at radius 2 is 1.95 bits per heavy atom. The van der Waals surface area contributed by atoms with Crippen LogP contribution in [0.2, 0.25) is 0 Å². The van der Waals surface area contributed by atoms with Crippen LogP contribution in [-0.2, 0) is 0 Å². The SMILES string of the molecule is CCC=NC(CC)C1CNN=C1C(CCC)CCC. The third-order valence-electron chi connectivity index (χ3n) is 3.95. The molecule has 0 radical (unpaired) electrons. The highest BCUT2D eigenvalue weighted by molar-refractivity contribution is 5.91. The van der Waals surface area contributed by atoms with Gasteiger partial charge in [0.25, 0.3) is 0 Å². The molecule has 0 aliphatic carbocycles. The number of hydrogen-bond donors (Lipinski definition) is 1. The van der Waals surface area contributed by atoms with Gasteiger partial charge in [0, 0.05) is 18.2 Å². The van der Waals surface area contributed by atoms with Gasteiger partial charge in [-0.25, -0.2) is 0 Å². The monoisotopic (exact) mass is 265 g/mol. The average Bonchev–Trinajstić information content (AvgIpc) is 2.89. The number of rotatable bonds is 9. The Hall–Kier alpha value is -0.860. The number of nitrogens with zero attached hydrogens (tertiary/aromatic N) is 2. The van der Waals surface area contributed by atoms with E-state index >= 15 is 0 Å². The molecule has 0 bridgehead atoms. The van der Waals surface area contributed by atoms with Gasteiger partial charge < -0.3 is 5.43 Å². The van der Waals surface area contributed by atoms with E-state index in [0.29, 0.717) is 17.9 Å². The van der Waals surface area contributed by atoms with Gasteiger partial charge in [-0.15, -0.1) is 0 Å². The van der Waals surface area contributed by atoms with E-state index in [1.54, 1.807) is 0 Å². The molecule has 1 aliphatic heterocycles. The third kappa shape index (κ3) is 4.63. The van der Waals surface area contributed by atoms with E-state index in [4.69, 9.17) is 4.99 Å². The summed E-state index contributed by atoms with van der Waals surface area (Å²) in [6.45, 7) is 9.90. The largest absolute Gasteiger partial charge is 0.309 e. The molecule has 19 heavy (non-hydrogen) atoms. The van der Waals surface area contributed by atoms with Crippen molar-refractivity contribution in [2.45, 2.75) is 72.3 Å². The molecular formula is C16H31N3. The molecule has 0 aromatic rings. The van der Waals surface area contributed by atoms with Crippen LogP contribution in [0, 0.1) is 11.8 Å². The number of aliphatic imine (C=N–C) groups is 1. The minimum Gasteiger partial charge on any atom is -0.309 e. The molecule has 1 heterocycles. The summed E-state index contributed by atoms with van der Waals surface area (Å²) < 4.78 is 0. The molecule has 3 nitrogen and oxygen atoms in total. The van der Waals surface area contributed by atoms with E-state index in [2.05, 4.69) is 44.4 Å². The zero-order valence-corrected chi connectivity index (χ0v) is 13.2. The fourth-order valence-electron chi connectivity index (χ4n) is 3.02. The summed E-state index contributed by atoms with van der Waals surface area (Å²) in [5.74, 6) is 1.16. The highest BCUT2D eigenvalue weighted by Crippen LogP contribution is 2.26. The van der Waals surface area contributed by atoms with Crippen molar-refractivity contribution in [3.63, 3.8) is 0 Å². The van der Waals surface area contributed by atoms with E-state index in [-0.39, 0.29) is 0 Å². The van der Waals surface area contributed by atoms with E-state index in [0.717, 1.165) is 19.4 Å². The number of hydrogen-bond acceptors (Lipinski definition) is 3. The van der Waals surface area contributed by atoms with Crippen molar-refractivity contribution in [3.05, 3.63) is 0 Å². The van der Waals surface area contributed by atoms with Crippen molar-refractivity contribution < 1.29 is 0 Å². The first-order valence-electron chi connectivity index (χ1n) is 8.10. The van der Waals surface area contributed by atoms with Crippen LogP contribution in [0.15, 0.2) is 10.1 Å². The molecule has 1 N–H and O–H groups in total. The lowest BCUT2D eigenvalue weighted by Crippen LogP contribution is -2.32. The standard InChI is InChI=1S/C16H31N3/c1-5-9-13(10-6-2)16-14(12-18-19-16)15(8-4)17-11-7-3/h11,13-15,18H,5-10,12H2,1-4H3. The van der Waals surface area contributed by atoms with Crippen LogP contribution in [0.5, 0.6) is 0 Å². The third-order valence-corrected chi connectivity index (χ3v) is 3.95. The first-order chi connectivity index (χ1) is 9.28. The summed E-state index contributed by atoms with van der Waals surface area (Å²) in [7, 11) is 0. The molecule has 2 unspecified atom stereocenters. The van der Waals surface area contributed by atoms with Crippen molar-refractivity contribution in [2.24, 2.45) is 21.9 Å². The maximum absolute atomic E-state index is 4.75. The maximum atomic E-state index is 4.75. The van der Waals surface area contributed by atoms with E-state index in [1.165, 1.54) is 31.4 Å². The van der Waals surface area contributed by atoms with Crippen LogP contribution in [-0.4, -0.2) is 24.5 Å². The second-order valence-electron chi connectivity index (χ2n) is 5.50. The van der Waals surface area contributed by atoms with Gasteiger partial charge in [-0.3, -0.25) is 4.99 Å². The molecule has 1 rings (SSSR count). The van der Waals surface area contributed by atoms with Crippen LogP contribution in [0.3, 0.4) is 0 Å². The minimum absolute atomic E-state index is 0.407. The molecule has 0 aromatic carbocycles.